The van der Waals surface area contributed by atoms with Gasteiger partial charge in [-0.1, -0.05) is 54.6 Å². The summed E-state index contributed by atoms with van der Waals surface area (Å²) < 4.78 is 2.43. The number of carbonyl (C=O) groups is 1. The number of carbonyl (C=O) groups excluding carboxylic acids is 1. The molecular weight excluding hydrogens is 290 g/mol. The van der Waals surface area contributed by atoms with Crippen molar-refractivity contribution in [2.75, 3.05) is 5.75 Å². The summed E-state index contributed by atoms with van der Waals surface area (Å²) in [4.78, 5) is 10.9. The third-order valence-corrected chi connectivity index (χ3v) is 4.91. The smallest absolute Gasteiger partial charge is 0.185 e. The average molecular weight is 311 g/mol. The van der Waals surface area contributed by atoms with Crippen LogP contribution in [-0.2, 0) is 11.3 Å². The van der Waals surface area contributed by atoms with E-state index in [9.17, 15) is 4.79 Å². The molecule has 0 aliphatic carbocycles. The van der Waals surface area contributed by atoms with E-state index in [0.29, 0.717) is 0 Å². The topological polar surface area (TPSA) is 22.0 Å². The van der Waals surface area contributed by atoms with Crippen molar-refractivity contribution in [1.29, 1.82) is 0 Å². The van der Waals surface area contributed by atoms with Crippen LogP contribution in [-0.4, -0.2) is 15.4 Å². The number of hydrogen-bond acceptors (Lipinski definition) is 2. The minimum Gasteiger partial charge on any atom is -0.340 e. The molecule has 0 aliphatic heterocycles. The maximum atomic E-state index is 10.9. The number of rotatable bonds is 6. The standard InChI is InChI=1S/C19H21NOS/c1-15(21)22-14-8-2-7-13-20-18-11-5-3-9-16(18)17-10-4-6-12-19(17)20/h3-6,9-12H,2,7-8,13-14H2,1H3. The van der Waals surface area contributed by atoms with E-state index in [4.69, 9.17) is 0 Å². The van der Waals surface area contributed by atoms with Crippen LogP contribution in [0.5, 0.6) is 0 Å². The van der Waals surface area contributed by atoms with Gasteiger partial charge >= 0.3 is 0 Å². The third kappa shape index (κ3) is 3.20. The summed E-state index contributed by atoms with van der Waals surface area (Å²) >= 11 is 1.44. The van der Waals surface area contributed by atoms with Gasteiger partial charge in [-0.3, -0.25) is 4.79 Å². The van der Waals surface area contributed by atoms with Gasteiger partial charge in [-0.25, -0.2) is 0 Å². The number of para-hydroxylation sites is 2. The van der Waals surface area contributed by atoms with E-state index < -0.39 is 0 Å². The van der Waals surface area contributed by atoms with E-state index in [-0.39, 0.29) is 5.12 Å². The highest BCUT2D eigenvalue weighted by Crippen LogP contribution is 2.29. The molecule has 1 aromatic heterocycles. The van der Waals surface area contributed by atoms with Gasteiger partial charge in [-0.15, -0.1) is 0 Å². The normalized spacial score (nSPS) is 11.3. The van der Waals surface area contributed by atoms with Gasteiger partial charge in [0.25, 0.3) is 0 Å². The molecule has 0 aliphatic rings. The van der Waals surface area contributed by atoms with Gasteiger partial charge in [0, 0.05) is 41.0 Å². The maximum Gasteiger partial charge on any atom is 0.185 e. The van der Waals surface area contributed by atoms with Crippen LogP contribution < -0.4 is 0 Å². The molecule has 0 spiro atoms. The Kier molecular flexibility index (Phi) is 4.84. The van der Waals surface area contributed by atoms with E-state index >= 15 is 0 Å². The van der Waals surface area contributed by atoms with Crippen molar-refractivity contribution in [3.05, 3.63) is 48.5 Å². The van der Waals surface area contributed by atoms with Gasteiger partial charge in [0.15, 0.2) is 5.12 Å². The molecule has 0 atom stereocenters. The SMILES string of the molecule is CC(=O)SCCCCCn1c2ccccc2c2ccccc21. The number of fused-ring (bicyclic) bond motifs is 3. The highest BCUT2D eigenvalue weighted by atomic mass is 32.2. The Bertz CT molecular complexity index is 737. The lowest BCUT2D eigenvalue weighted by Gasteiger charge is -2.07. The van der Waals surface area contributed by atoms with Crippen LogP contribution >= 0.6 is 11.8 Å². The monoisotopic (exact) mass is 311 g/mol. The highest BCUT2D eigenvalue weighted by molar-refractivity contribution is 8.13. The Morgan fingerprint density at radius 2 is 1.50 bits per heavy atom. The molecule has 0 saturated carbocycles. The Labute approximate surface area is 135 Å². The summed E-state index contributed by atoms with van der Waals surface area (Å²) in [5, 5.41) is 2.90. The maximum absolute atomic E-state index is 10.9. The largest absolute Gasteiger partial charge is 0.340 e. The summed E-state index contributed by atoms with van der Waals surface area (Å²) in [5.74, 6) is 0.947. The van der Waals surface area contributed by atoms with Crippen LogP contribution in [0.15, 0.2) is 48.5 Å². The first-order valence-corrected chi connectivity index (χ1v) is 8.85. The van der Waals surface area contributed by atoms with E-state index in [1.807, 2.05) is 0 Å². The molecule has 3 heteroatoms. The average Bonchev–Trinajstić information content (AvgIpc) is 2.85. The van der Waals surface area contributed by atoms with E-state index in [1.54, 1.807) is 6.92 Å². The van der Waals surface area contributed by atoms with Crippen LogP contribution in [0.4, 0.5) is 0 Å². The van der Waals surface area contributed by atoms with E-state index in [2.05, 4.69) is 53.1 Å². The molecule has 0 fully saturated rings. The zero-order valence-corrected chi connectivity index (χ0v) is 13.7. The zero-order chi connectivity index (χ0) is 15.4. The fourth-order valence-corrected chi connectivity index (χ4v) is 3.64. The molecule has 3 aromatic rings. The Morgan fingerprint density at radius 3 is 2.09 bits per heavy atom. The number of nitrogens with zero attached hydrogens (tertiary/aromatic N) is 1. The first-order valence-electron chi connectivity index (χ1n) is 7.87. The lowest BCUT2D eigenvalue weighted by Crippen LogP contribution is -1.98. The molecular formula is C19H21NOS. The molecule has 2 aromatic carbocycles. The van der Waals surface area contributed by atoms with Crippen molar-refractivity contribution in [1.82, 2.24) is 4.57 Å². The fraction of sp³-hybridized carbons (Fsp3) is 0.316. The van der Waals surface area contributed by atoms with Crippen LogP contribution in [0.2, 0.25) is 0 Å². The second kappa shape index (κ2) is 7.01. The van der Waals surface area contributed by atoms with Gasteiger partial charge in [0.2, 0.25) is 0 Å². The molecule has 0 unspecified atom stereocenters. The van der Waals surface area contributed by atoms with Crippen LogP contribution in [0.1, 0.15) is 26.2 Å². The number of hydrogen-bond donors (Lipinski definition) is 0. The Hall–Kier alpha value is -1.74. The first-order chi connectivity index (χ1) is 10.8. The minimum absolute atomic E-state index is 0.224. The second-order valence-corrected chi connectivity index (χ2v) is 6.86. The molecule has 0 radical (unpaired) electrons. The summed E-state index contributed by atoms with van der Waals surface area (Å²) in [5.41, 5.74) is 2.64. The highest BCUT2D eigenvalue weighted by Gasteiger charge is 2.08. The fourth-order valence-electron chi connectivity index (χ4n) is 3.01. The molecule has 1 heterocycles. The number of thioether (sulfide) groups is 1. The number of aromatic nitrogens is 1. The van der Waals surface area contributed by atoms with Crippen molar-refractivity contribution >= 4 is 38.7 Å². The molecule has 2 nitrogen and oxygen atoms in total. The lowest BCUT2D eigenvalue weighted by molar-refractivity contribution is -0.109. The van der Waals surface area contributed by atoms with Gasteiger partial charge in [-0.05, 0) is 25.0 Å². The van der Waals surface area contributed by atoms with Gasteiger partial charge < -0.3 is 4.57 Å². The first kappa shape index (κ1) is 15.2. The number of aryl methyl sites for hydroxylation is 1. The second-order valence-electron chi connectivity index (χ2n) is 5.59. The van der Waals surface area contributed by atoms with Crippen LogP contribution in [0, 0.1) is 0 Å². The summed E-state index contributed by atoms with van der Waals surface area (Å²) in [6.45, 7) is 2.68. The molecule has 114 valence electrons. The number of unbranched alkanes of at least 4 members (excludes halogenated alkanes) is 2. The van der Waals surface area contributed by atoms with E-state index in [1.165, 1.54) is 40.0 Å². The molecule has 3 rings (SSSR count). The predicted molar refractivity (Wildman–Crippen MR) is 96.4 cm³/mol. The lowest BCUT2D eigenvalue weighted by atomic mass is 10.2. The molecule has 0 N–H and O–H groups in total. The van der Waals surface area contributed by atoms with Gasteiger partial charge in [0.1, 0.15) is 0 Å². The van der Waals surface area contributed by atoms with Crippen molar-refractivity contribution < 1.29 is 4.79 Å². The molecule has 0 saturated heterocycles. The minimum atomic E-state index is 0.224. The van der Waals surface area contributed by atoms with Crippen molar-refractivity contribution in [3.8, 4) is 0 Å². The summed E-state index contributed by atoms with van der Waals surface area (Å²) in [6.07, 6.45) is 3.43. The Morgan fingerprint density at radius 1 is 0.909 bits per heavy atom. The summed E-state index contributed by atoms with van der Waals surface area (Å²) in [6, 6.07) is 17.3. The predicted octanol–water partition coefficient (Wildman–Crippen LogP) is 5.24. The van der Waals surface area contributed by atoms with Crippen LogP contribution in [0.25, 0.3) is 21.8 Å². The van der Waals surface area contributed by atoms with Crippen molar-refractivity contribution in [2.45, 2.75) is 32.7 Å². The number of benzene rings is 2. The summed E-state index contributed by atoms with van der Waals surface area (Å²) in [7, 11) is 0. The van der Waals surface area contributed by atoms with Crippen molar-refractivity contribution in [2.24, 2.45) is 0 Å². The molecule has 22 heavy (non-hydrogen) atoms. The Balaban J connectivity index is 1.73. The van der Waals surface area contributed by atoms with E-state index in [0.717, 1.165) is 25.1 Å². The molecule has 0 amide bonds. The van der Waals surface area contributed by atoms with Crippen LogP contribution in [0.3, 0.4) is 0 Å². The zero-order valence-electron chi connectivity index (χ0n) is 12.9. The van der Waals surface area contributed by atoms with Gasteiger partial charge in [-0.2, -0.15) is 0 Å². The van der Waals surface area contributed by atoms with Gasteiger partial charge in [0.05, 0.1) is 0 Å². The quantitative estimate of drug-likeness (QED) is 0.580. The molecule has 0 bridgehead atoms. The van der Waals surface area contributed by atoms with Crippen molar-refractivity contribution in [3.63, 3.8) is 0 Å². The third-order valence-electron chi connectivity index (χ3n) is 4.01.